The Morgan fingerprint density at radius 2 is 1.95 bits per heavy atom. The zero-order valence-corrected chi connectivity index (χ0v) is 24.4. The number of halogens is 1. The standard InChI is InChI=1S/C32H38FN5O3/c1-5-31(4,14-15-34)25-11-10-22(17-26(25)33)12-13-32(23-8-6-7-9-23)19-27(39)24(29(40)41-32)18-28-36-30-35-20(2)16-21(3)38(30)37-28/h10-11,16-17,23-24H,5-9,12-14,18-19H2,1-4H3. The van der Waals surface area contributed by atoms with Gasteiger partial charge in [0.15, 0.2) is 11.6 Å². The number of aromatic nitrogens is 4. The molecule has 8 nitrogen and oxygen atoms in total. The summed E-state index contributed by atoms with van der Waals surface area (Å²) in [5.41, 5.74) is 1.58. The molecule has 0 spiro atoms. The number of carbonyl (C=O) groups is 2. The van der Waals surface area contributed by atoms with E-state index in [0.29, 0.717) is 36.4 Å². The van der Waals surface area contributed by atoms with Crippen LogP contribution in [0.15, 0.2) is 24.3 Å². The van der Waals surface area contributed by atoms with Gasteiger partial charge in [-0.05, 0) is 75.1 Å². The third-order valence-corrected chi connectivity index (χ3v) is 9.37. The molecule has 2 aliphatic rings. The highest BCUT2D eigenvalue weighted by Crippen LogP contribution is 2.45. The number of hydrogen-bond donors (Lipinski definition) is 0. The first-order valence-electron chi connectivity index (χ1n) is 14.7. The van der Waals surface area contributed by atoms with Crippen LogP contribution in [-0.4, -0.2) is 36.9 Å². The molecule has 3 unspecified atom stereocenters. The summed E-state index contributed by atoms with van der Waals surface area (Å²) in [6.07, 6.45) is 5.94. The number of Topliss-reactive ketones (excluding diaryl/α,β-unsaturated/α-hetero) is 1. The number of cyclic esters (lactones) is 1. The SMILES string of the molecule is CCC(C)(CC#N)c1ccc(CCC2(C3CCCC3)CC(=O)C(Cc3nc4nc(C)cc(C)n4n3)C(=O)O2)cc1F. The van der Waals surface area contributed by atoms with E-state index in [0.717, 1.165) is 42.6 Å². The van der Waals surface area contributed by atoms with Crippen LogP contribution < -0.4 is 0 Å². The molecule has 216 valence electrons. The summed E-state index contributed by atoms with van der Waals surface area (Å²) in [5, 5.41) is 13.7. The Bertz CT molecular complexity index is 1500. The summed E-state index contributed by atoms with van der Waals surface area (Å²) in [4.78, 5) is 35.9. The minimum absolute atomic E-state index is 0.0752. The molecule has 0 N–H and O–H groups in total. The number of hydrogen-bond acceptors (Lipinski definition) is 7. The van der Waals surface area contributed by atoms with E-state index < -0.39 is 22.9 Å². The molecule has 5 rings (SSSR count). The van der Waals surface area contributed by atoms with Gasteiger partial charge < -0.3 is 4.74 Å². The highest BCUT2D eigenvalue weighted by atomic mass is 19.1. The molecule has 0 amide bonds. The first-order chi connectivity index (χ1) is 19.6. The van der Waals surface area contributed by atoms with Crippen molar-refractivity contribution in [1.82, 2.24) is 19.6 Å². The fourth-order valence-corrected chi connectivity index (χ4v) is 6.70. The number of rotatable bonds is 9. The van der Waals surface area contributed by atoms with Crippen LogP contribution >= 0.6 is 0 Å². The van der Waals surface area contributed by atoms with Crippen LogP contribution in [0.5, 0.6) is 0 Å². The highest BCUT2D eigenvalue weighted by molar-refractivity contribution is 6.01. The van der Waals surface area contributed by atoms with Crippen molar-refractivity contribution in [1.29, 1.82) is 5.26 Å². The summed E-state index contributed by atoms with van der Waals surface area (Å²) in [6, 6.07) is 9.29. The second-order valence-electron chi connectivity index (χ2n) is 12.2. The molecule has 41 heavy (non-hydrogen) atoms. The van der Waals surface area contributed by atoms with Gasteiger partial charge in [-0.15, -0.1) is 5.10 Å². The van der Waals surface area contributed by atoms with Gasteiger partial charge in [0.25, 0.3) is 5.78 Å². The van der Waals surface area contributed by atoms with E-state index in [1.54, 1.807) is 10.6 Å². The van der Waals surface area contributed by atoms with Crippen molar-refractivity contribution in [2.75, 3.05) is 0 Å². The predicted molar refractivity (Wildman–Crippen MR) is 150 cm³/mol. The molecule has 3 heterocycles. The van der Waals surface area contributed by atoms with Crippen molar-refractivity contribution in [2.45, 2.75) is 103 Å². The third-order valence-electron chi connectivity index (χ3n) is 9.37. The number of carbonyl (C=O) groups excluding carboxylic acids is 2. The summed E-state index contributed by atoms with van der Waals surface area (Å²) in [5.74, 6) is -1.02. The van der Waals surface area contributed by atoms with Gasteiger partial charge in [0.05, 0.1) is 6.07 Å². The van der Waals surface area contributed by atoms with Crippen LogP contribution in [0.4, 0.5) is 4.39 Å². The van der Waals surface area contributed by atoms with Crippen molar-refractivity contribution in [3.63, 3.8) is 0 Å². The van der Waals surface area contributed by atoms with Gasteiger partial charge in [-0.3, -0.25) is 9.59 Å². The van der Waals surface area contributed by atoms with E-state index in [9.17, 15) is 14.9 Å². The Hall–Kier alpha value is -3.67. The first-order valence-corrected chi connectivity index (χ1v) is 14.7. The molecule has 0 radical (unpaired) electrons. The molecule has 3 atom stereocenters. The van der Waals surface area contributed by atoms with Crippen LogP contribution in [0.2, 0.25) is 0 Å². The lowest BCUT2D eigenvalue weighted by Crippen LogP contribution is -2.52. The molecular weight excluding hydrogens is 521 g/mol. The second-order valence-corrected chi connectivity index (χ2v) is 12.2. The monoisotopic (exact) mass is 559 g/mol. The predicted octanol–water partition coefficient (Wildman–Crippen LogP) is 5.70. The molecule has 1 aliphatic heterocycles. The number of ketones is 1. The zero-order chi connectivity index (χ0) is 29.4. The Labute approximate surface area is 240 Å². The van der Waals surface area contributed by atoms with E-state index in [1.165, 1.54) is 6.07 Å². The van der Waals surface area contributed by atoms with E-state index in [4.69, 9.17) is 4.74 Å². The average Bonchev–Trinajstić information content (AvgIpc) is 3.61. The maximum atomic E-state index is 15.3. The first kappa shape index (κ1) is 28.8. The highest BCUT2D eigenvalue weighted by Gasteiger charge is 2.51. The smallest absolute Gasteiger partial charge is 0.317 e. The summed E-state index contributed by atoms with van der Waals surface area (Å²) in [6.45, 7) is 7.66. The normalized spacial score (nSPS) is 23.0. The Kier molecular flexibility index (Phi) is 7.95. The molecule has 1 aliphatic carbocycles. The molecule has 2 aromatic heterocycles. The quantitative estimate of drug-likeness (QED) is 0.244. The molecule has 1 saturated carbocycles. The number of nitrogens with zero attached hydrogens (tertiary/aromatic N) is 5. The molecule has 9 heteroatoms. The molecule has 3 aromatic rings. The maximum Gasteiger partial charge on any atom is 0.317 e. The minimum Gasteiger partial charge on any atom is -0.458 e. The van der Waals surface area contributed by atoms with Crippen molar-refractivity contribution < 1.29 is 18.7 Å². The van der Waals surface area contributed by atoms with Crippen LogP contribution in [0, 0.1) is 42.8 Å². The van der Waals surface area contributed by atoms with Crippen molar-refractivity contribution in [3.05, 3.63) is 58.4 Å². The number of aryl methyl sites for hydroxylation is 3. The lowest BCUT2D eigenvalue weighted by Gasteiger charge is -2.43. The lowest BCUT2D eigenvalue weighted by atomic mass is 9.73. The zero-order valence-electron chi connectivity index (χ0n) is 24.4. The molecule has 1 saturated heterocycles. The van der Waals surface area contributed by atoms with Gasteiger partial charge in [0.2, 0.25) is 0 Å². The molecule has 0 bridgehead atoms. The number of ether oxygens (including phenoxy) is 1. The Morgan fingerprint density at radius 1 is 1.20 bits per heavy atom. The topological polar surface area (TPSA) is 110 Å². The van der Waals surface area contributed by atoms with Gasteiger partial charge in [-0.2, -0.15) is 10.2 Å². The van der Waals surface area contributed by atoms with Gasteiger partial charge in [-0.1, -0.05) is 38.8 Å². The number of esters is 1. The maximum absolute atomic E-state index is 15.3. The minimum atomic E-state index is -0.952. The number of nitriles is 1. The van der Waals surface area contributed by atoms with Gasteiger partial charge in [0, 0.05) is 36.1 Å². The van der Waals surface area contributed by atoms with E-state index in [-0.39, 0.29) is 36.8 Å². The molecule has 2 fully saturated rings. The van der Waals surface area contributed by atoms with Crippen molar-refractivity contribution in [3.8, 4) is 6.07 Å². The number of benzene rings is 1. The van der Waals surface area contributed by atoms with Crippen LogP contribution in [-0.2, 0) is 32.6 Å². The largest absolute Gasteiger partial charge is 0.458 e. The average molecular weight is 560 g/mol. The van der Waals surface area contributed by atoms with Gasteiger partial charge in [0.1, 0.15) is 17.3 Å². The van der Waals surface area contributed by atoms with Crippen LogP contribution in [0.25, 0.3) is 5.78 Å². The fourth-order valence-electron chi connectivity index (χ4n) is 6.70. The van der Waals surface area contributed by atoms with E-state index >= 15 is 4.39 Å². The van der Waals surface area contributed by atoms with Crippen LogP contribution in [0.3, 0.4) is 0 Å². The van der Waals surface area contributed by atoms with Gasteiger partial charge >= 0.3 is 5.97 Å². The summed E-state index contributed by atoms with van der Waals surface area (Å²) < 4.78 is 23.1. The molecule has 1 aromatic carbocycles. The van der Waals surface area contributed by atoms with Crippen LogP contribution in [0.1, 0.15) is 93.6 Å². The molecular formula is C32H38FN5O3. The van der Waals surface area contributed by atoms with Crippen molar-refractivity contribution >= 4 is 17.5 Å². The van der Waals surface area contributed by atoms with Gasteiger partial charge in [-0.25, -0.2) is 13.9 Å². The number of fused-ring (bicyclic) bond motifs is 1. The fraction of sp³-hybridized carbons (Fsp3) is 0.562. The summed E-state index contributed by atoms with van der Waals surface area (Å²) in [7, 11) is 0. The third kappa shape index (κ3) is 5.61. The summed E-state index contributed by atoms with van der Waals surface area (Å²) >= 11 is 0. The Morgan fingerprint density at radius 3 is 2.61 bits per heavy atom. The van der Waals surface area contributed by atoms with E-state index in [1.807, 2.05) is 39.8 Å². The lowest BCUT2D eigenvalue weighted by molar-refractivity contribution is -0.185. The second kappa shape index (κ2) is 11.3. The van der Waals surface area contributed by atoms with E-state index in [2.05, 4.69) is 21.1 Å². The Balaban J connectivity index is 1.34. The van der Waals surface area contributed by atoms with Crippen molar-refractivity contribution in [2.24, 2.45) is 11.8 Å².